The topological polar surface area (TPSA) is 96.6 Å². The summed E-state index contributed by atoms with van der Waals surface area (Å²) in [5.41, 5.74) is 3.13. The molecule has 5 aromatic rings. The van der Waals surface area contributed by atoms with Gasteiger partial charge in [-0.15, -0.1) is 5.10 Å². The fourth-order valence-electron chi connectivity index (χ4n) is 3.94. The zero-order valence-corrected chi connectivity index (χ0v) is 16.3. The summed E-state index contributed by atoms with van der Waals surface area (Å²) in [6.07, 6.45) is 3.17. The summed E-state index contributed by atoms with van der Waals surface area (Å²) in [5.74, 6) is 0.588. The molecule has 0 N–H and O–H groups in total. The van der Waals surface area contributed by atoms with Crippen LogP contribution in [0.15, 0.2) is 60.9 Å². The highest BCUT2D eigenvalue weighted by molar-refractivity contribution is 6.07. The molecule has 30 heavy (non-hydrogen) atoms. The first-order valence-electron chi connectivity index (χ1n) is 9.63. The number of rotatable bonds is 6. The van der Waals surface area contributed by atoms with Gasteiger partial charge in [-0.1, -0.05) is 41.6 Å². The summed E-state index contributed by atoms with van der Waals surface area (Å²) in [6.45, 7) is 3.22. The number of aryl methyl sites for hydroxylation is 2. The van der Waals surface area contributed by atoms with Crippen LogP contribution in [0, 0.1) is 17.0 Å². The molecule has 0 radical (unpaired) electrons. The lowest BCUT2D eigenvalue weighted by molar-refractivity contribution is -0.392. The van der Waals surface area contributed by atoms with E-state index in [1.54, 1.807) is 16.2 Å². The van der Waals surface area contributed by atoms with E-state index in [9.17, 15) is 10.1 Å². The molecule has 0 spiro atoms. The molecule has 2 aromatic carbocycles. The number of fused-ring (bicyclic) bond motifs is 3. The van der Waals surface area contributed by atoms with Gasteiger partial charge in [0.15, 0.2) is 5.82 Å². The van der Waals surface area contributed by atoms with E-state index in [1.165, 1.54) is 17.0 Å². The summed E-state index contributed by atoms with van der Waals surface area (Å²) in [4.78, 5) is 14.8. The zero-order valence-electron chi connectivity index (χ0n) is 16.3. The molecule has 0 saturated carbocycles. The van der Waals surface area contributed by atoms with Gasteiger partial charge in [0.25, 0.3) is 0 Å². The average molecular weight is 401 g/mol. The highest BCUT2D eigenvalue weighted by atomic mass is 16.6. The van der Waals surface area contributed by atoms with Gasteiger partial charge in [-0.25, -0.2) is 14.2 Å². The Balaban J connectivity index is 1.41. The van der Waals surface area contributed by atoms with Crippen LogP contribution in [0.3, 0.4) is 0 Å². The molecule has 9 heteroatoms. The third-order valence-electron chi connectivity index (χ3n) is 5.36. The molecule has 0 saturated heterocycles. The van der Waals surface area contributed by atoms with E-state index in [4.69, 9.17) is 0 Å². The van der Waals surface area contributed by atoms with Crippen LogP contribution in [0.4, 0.5) is 5.82 Å². The molecule has 0 aliphatic rings. The highest BCUT2D eigenvalue weighted by Crippen LogP contribution is 2.29. The van der Waals surface area contributed by atoms with Crippen molar-refractivity contribution in [2.45, 2.75) is 26.6 Å². The smallest absolute Gasteiger partial charge is 0.342 e. The lowest BCUT2D eigenvalue weighted by atomic mass is 10.2. The first-order chi connectivity index (χ1) is 14.6. The Morgan fingerprint density at radius 2 is 1.63 bits per heavy atom. The number of imidazole rings is 1. The molecule has 0 aliphatic carbocycles. The maximum Gasteiger partial charge on any atom is 0.342 e. The molecule has 150 valence electrons. The molecule has 0 fully saturated rings. The molecular weight excluding hydrogens is 382 g/mol. The summed E-state index contributed by atoms with van der Waals surface area (Å²) in [7, 11) is 0. The Morgan fingerprint density at radius 1 is 0.967 bits per heavy atom. The number of nitro groups is 1. The van der Waals surface area contributed by atoms with Gasteiger partial charge in [0.05, 0.1) is 19.3 Å². The van der Waals surface area contributed by atoms with E-state index in [2.05, 4.69) is 44.1 Å². The van der Waals surface area contributed by atoms with Crippen LogP contribution in [0.1, 0.15) is 11.5 Å². The van der Waals surface area contributed by atoms with Gasteiger partial charge in [-0.05, 0) is 17.1 Å². The van der Waals surface area contributed by atoms with E-state index in [1.807, 2.05) is 30.5 Å². The highest BCUT2D eigenvalue weighted by Gasteiger charge is 2.17. The summed E-state index contributed by atoms with van der Waals surface area (Å²) in [5, 5.41) is 22.1. The molecular formula is C21H19N7O2. The number of para-hydroxylation sites is 2. The maximum atomic E-state index is 11.1. The second-order valence-electron chi connectivity index (χ2n) is 7.17. The third-order valence-corrected chi connectivity index (χ3v) is 5.36. The van der Waals surface area contributed by atoms with Gasteiger partial charge >= 0.3 is 5.82 Å². The SMILES string of the molecule is Cc1ncc([N+](=O)[O-])n1CCn1cc(Cn2c3ccccc3c3ccccc32)nn1. The molecule has 5 rings (SSSR count). The van der Waals surface area contributed by atoms with Gasteiger partial charge in [0, 0.05) is 28.7 Å². The lowest BCUT2D eigenvalue weighted by Crippen LogP contribution is -2.11. The van der Waals surface area contributed by atoms with Crippen molar-refractivity contribution in [1.82, 2.24) is 29.1 Å². The first kappa shape index (κ1) is 18.0. The number of benzene rings is 2. The Bertz CT molecular complexity index is 1330. The van der Waals surface area contributed by atoms with Crippen LogP contribution in [0.25, 0.3) is 21.8 Å². The van der Waals surface area contributed by atoms with Crippen molar-refractivity contribution in [1.29, 1.82) is 0 Å². The number of aromatic nitrogens is 6. The van der Waals surface area contributed by atoms with Gasteiger partial charge in [-0.2, -0.15) is 0 Å². The number of hydrogen-bond acceptors (Lipinski definition) is 5. The fraction of sp³-hybridized carbons (Fsp3) is 0.190. The van der Waals surface area contributed by atoms with Crippen LogP contribution >= 0.6 is 0 Å². The largest absolute Gasteiger partial charge is 0.358 e. The predicted octanol–water partition coefficient (Wildman–Crippen LogP) is 3.55. The molecule has 0 amide bonds. The first-order valence-corrected chi connectivity index (χ1v) is 9.63. The van der Waals surface area contributed by atoms with E-state index < -0.39 is 4.92 Å². The van der Waals surface area contributed by atoms with E-state index in [0.29, 0.717) is 25.5 Å². The number of nitrogens with zero attached hydrogens (tertiary/aromatic N) is 7. The molecule has 9 nitrogen and oxygen atoms in total. The second-order valence-corrected chi connectivity index (χ2v) is 7.17. The quantitative estimate of drug-likeness (QED) is 0.320. The monoisotopic (exact) mass is 401 g/mol. The zero-order chi connectivity index (χ0) is 20.7. The van der Waals surface area contributed by atoms with Crippen LogP contribution in [0.5, 0.6) is 0 Å². The molecule has 0 aliphatic heterocycles. The summed E-state index contributed by atoms with van der Waals surface area (Å²) >= 11 is 0. The molecule has 0 unspecified atom stereocenters. The van der Waals surface area contributed by atoms with E-state index >= 15 is 0 Å². The van der Waals surface area contributed by atoms with Crippen LogP contribution < -0.4 is 0 Å². The Labute approximate surface area is 171 Å². The summed E-state index contributed by atoms with van der Waals surface area (Å²) < 4.78 is 5.53. The molecule has 0 atom stereocenters. The van der Waals surface area contributed by atoms with Gasteiger partial charge < -0.3 is 14.7 Å². The van der Waals surface area contributed by atoms with Gasteiger partial charge in [-0.3, -0.25) is 0 Å². The minimum absolute atomic E-state index is 0.0156. The Morgan fingerprint density at radius 3 is 2.30 bits per heavy atom. The standard InChI is InChI=1S/C21H19N7O2/c1-15-22-12-21(28(29)30)26(15)11-10-25-13-16(23-24-25)14-27-19-8-4-2-6-17(19)18-7-3-5-9-20(18)27/h2-9,12-13H,10-11,14H2,1H3. The number of hydrogen-bond donors (Lipinski definition) is 0. The summed E-state index contributed by atoms with van der Waals surface area (Å²) in [6, 6.07) is 16.7. The third kappa shape index (κ3) is 3.00. The second kappa shape index (κ2) is 7.11. The molecule has 0 bridgehead atoms. The van der Waals surface area contributed by atoms with Gasteiger partial charge in [0.1, 0.15) is 18.4 Å². The molecule has 3 aromatic heterocycles. The lowest BCUT2D eigenvalue weighted by Gasteiger charge is -2.05. The normalized spacial score (nSPS) is 11.5. The Kier molecular flexibility index (Phi) is 4.27. The predicted molar refractivity (Wildman–Crippen MR) is 112 cm³/mol. The Hall–Kier alpha value is -4.01. The fourth-order valence-corrected chi connectivity index (χ4v) is 3.94. The van der Waals surface area contributed by atoms with Crippen molar-refractivity contribution in [3.05, 3.63) is 82.6 Å². The maximum absolute atomic E-state index is 11.1. The minimum atomic E-state index is -0.422. The van der Waals surface area contributed by atoms with E-state index in [0.717, 1.165) is 16.7 Å². The minimum Gasteiger partial charge on any atom is -0.358 e. The van der Waals surface area contributed by atoms with Gasteiger partial charge in [0.2, 0.25) is 0 Å². The van der Waals surface area contributed by atoms with Crippen molar-refractivity contribution in [3.8, 4) is 0 Å². The van der Waals surface area contributed by atoms with Crippen LogP contribution in [0.2, 0.25) is 0 Å². The average Bonchev–Trinajstić information content (AvgIpc) is 3.44. The van der Waals surface area contributed by atoms with Crippen molar-refractivity contribution >= 4 is 27.6 Å². The van der Waals surface area contributed by atoms with E-state index in [-0.39, 0.29) is 5.82 Å². The van der Waals surface area contributed by atoms with Crippen molar-refractivity contribution in [2.75, 3.05) is 0 Å². The van der Waals surface area contributed by atoms with Crippen LogP contribution in [-0.4, -0.2) is 34.0 Å². The van der Waals surface area contributed by atoms with Crippen LogP contribution in [-0.2, 0) is 19.6 Å². The van der Waals surface area contributed by atoms with Crippen molar-refractivity contribution in [3.63, 3.8) is 0 Å². The van der Waals surface area contributed by atoms with Crippen molar-refractivity contribution in [2.24, 2.45) is 0 Å². The van der Waals surface area contributed by atoms with Crippen molar-refractivity contribution < 1.29 is 4.92 Å². The molecule has 3 heterocycles.